The molecule has 3 aromatic heterocycles. The maximum atomic E-state index is 13.6. The second-order valence-corrected chi connectivity index (χ2v) is 7.48. The molecular formula is C21H16F4N6. The fourth-order valence-corrected chi connectivity index (χ4v) is 4.04. The summed E-state index contributed by atoms with van der Waals surface area (Å²) in [5.41, 5.74) is 1.99. The Hall–Kier alpha value is -3.56. The largest absolute Gasteiger partial charge is 0.437 e. The smallest absolute Gasteiger partial charge is 0.336 e. The predicted octanol–water partition coefficient (Wildman–Crippen LogP) is 4.62. The van der Waals surface area contributed by atoms with E-state index in [0.29, 0.717) is 17.9 Å². The van der Waals surface area contributed by atoms with Gasteiger partial charge in [0, 0.05) is 30.4 Å². The summed E-state index contributed by atoms with van der Waals surface area (Å²) in [6.07, 6.45) is 2.06. The summed E-state index contributed by atoms with van der Waals surface area (Å²) in [7, 11) is 0. The highest BCUT2D eigenvalue weighted by molar-refractivity contribution is 5.67. The number of imidazole rings is 1. The molecule has 1 aliphatic carbocycles. The fourth-order valence-electron chi connectivity index (χ4n) is 4.04. The number of benzene rings is 1. The maximum absolute atomic E-state index is 13.6. The Kier molecular flexibility index (Phi) is 4.57. The standard InChI is InChI=1S/C21H16F4N6/c22-15-4-3-12-1-2-14(16(12)8-15)9-31-10-18(27-11-31)17-7-13(5-6-26-17)19-20(21(23,24)25)29-30-28-19/h3-8,10-11,14H,1-2,9H2,(H,28,29,30)/t14-/m0/s1. The van der Waals surface area contributed by atoms with E-state index in [9.17, 15) is 17.6 Å². The van der Waals surface area contributed by atoms with E-state index < -0.39 is 11.9 Å². The summed E-state index contributed by atoms with van der Waals surface area (Å²) in [4.78, 5) is 8.59. The zero-order valence-electron chi connectivity index (χ0n) is 16.1. The van der Waals surface area contributed by atoms with Crippen molar-refractivity contribution in [3.05, 3.63) is 71.7 Å². The number of pyridine rings is 1. The van der Waals surface area contributed by atoms with E-state index in [1.807, 2.05) is 15.8 Å². The van der Waals surface area contributed by atoms with Gasteiger partial charge in [0.05, 0.1) is 12.0 Å². The highest BCUT2D eigenvalue weighted by Crippen LogP contribution is 2.36. The van der Waals surface area contributed by atoms with Crippen molar-refractivity contribution in [3.8, 4) is 22.6 Å². The van der Waals surface area contributed by atoms with Gasteiger partial charge in [-0.2, -0.15) is 28.6 Å². The number of hydrogen-bond acceptors (Lipinski definition) is 4. The monoisotopic (exact) mass is 428 g/mol. The molecule has 0 aliphatic heterocycles. The molecule has 1 N–H and O–H groups in total. The number of aryl methyl sites for hydroxylation is 1. The fraction of sp³-hybridized carbons (Fsp3) is 0.238. The van der Waals surface area contributed by atoms with E-state index in [1.165, 1.54) is 24.4 Å². The molecule has 0 unspecified atom stereocenters. The van der Waals surface area contributed by atoms with Crippen LogP contribution in [-0.2, 0) is 19.1 Å². The number of rotatable bonds is 4. The Bertz CT molecular complexity index is 1240. The molecule has 1 aliphatic rings. The number of H-pyrrole nitrogens is 1. The van der Waals surface area contributed by atoms with Crippen LogP contribution >= 0.6 is 0 Å². The lowest BCUT2D eigenvalue weighted by Crippen LogP contribution is -2.07. The van der Waals surface area contributed by atoms with Crippen LogP contribution < -0.4 is 0 Å². The van der Waals surface area contributed by atoms with Crippen LogP contribution in [0.4, 0.5) is 17.6 Å². The molecule has 0 fully saturated rings. The van der Waals surface area contributed by atoms with Crippen LogP contribution in [-0.4, -0.2) is 29.9 Å². The van der Waals surface area contributed by atoms with Crippen molar-refractivity contribution in [1.29, 1.82) is 0 Å². The Morgan fingerprint density at radius 2 is 1.94 bits per heavy atom. The quantitative estimate of drug-likeness (QED) is 0.482. The number of aromatic nitrogens is 6. The third-order valence-corrected chi connectivity index (χ3v) is 5.49. The highest BCUT2D eigenvalue weighted by atomic mass is 19.4. The number of halogens is 4. The van der Waals surface area contributed by atoms with Crippen LogP contribution in [0.15, 0.2) is 49.1 Å². The number of fused-ring (bicyclic) bond motifs is 1. The normalized spacial score (nSPS) is 15.9. The van der Waals surface area contributed by atoms with E-state index in [2.05, 4.69) is 20.2 Å². The number of alkyl halides is 3. The molecule has 0 spiro atoms. The van der Waals surface area contributed by atoms with Gasteiger partial charge in [0.25, 0.3) is 0 Å². The Labute approximate surface area is 174 Å². The summed E-state index contributed by atoms with van der Waals surface area (Å²) < 4.78 is 55.0. The average Bonchev–Trinajstić information content (AvgIpc) is 3.48. The average molecular weight is 428 g/mol. The summed E-state index contributed by atoms with van der Waals surface area (Å²) in [5.74, 6) is -0.0689. The first-order chi connectivity index (χ1) is 14.9. The van der Waals surface area contributed by atoms with Crippen LogP contribution in [0.5, 0.6) is 0 Å². The molecule has 1 atom stereocenters. The predicted molar refractivity (Wildman–Crippen MR) is 103 cm³/mol. The van der Waals surface area contributed by atoms with Crippen LogP contribution in [0.2, 0.25) is 0 Å². The van der Waals surface area contributed by atoms with Crippen LogP contribution in [0.1, 0.15) is 29.2 Å². The van der Waals surface area contributed by atoms with Gasteiger partial charge in [0.15, 0.2) is 5.69 Å². The van der Waals surface area contributed by atoms with Gasteiger partial charge in [0.2, 0.25) is 0 Å². The second-order valence-electron chi connectivity index (χ2n) is 7.48. The van der Waals surface area contributed by atoms with Crippen molar-refractivity contribution < 1.29 is 17.6 Å². The summed E-state index contributed by atoms with van der Waals surface area (Å²) in [6.45, 7) is 0.630. The SMILES string of the molecule is Fc1ccc2c(c1)[C@H](Cn1cnc(-c3cc(-c4n[nH]nc4C(F)(F)F)ccn3)c1)CC2. The molecule has 0 bridgehead atoms. The van der Waals surface area contributed by atoms with Crippen molar-refractivity contribution in [2.45, 2.75) is 31.5 Å². The lowest BCUT2D eigenvalue weighted by atomic mass is 10.0. The molecule has 158 valence electrons. The molecule has 6 nitrogen and oxygen atoms in total. The summed E-state index contributed by atoms with van der Waals surface area (Å²) >= 11 is 0. The molecule has 4 aromatic rings. The molecule has 31 heavy (non-hydrogen) atoms. The first-order valence-corrected chi connectivity index (χ1v) is 9.63. The molecule has 1 aromatic carbocycles. The van der Waals surface area contributed by atoms with Crippen molar-refractivity contribution in [3.63, 3.8) is 0 Å². The number of aromatic amines is 1. The first-order valence-electron chi connectivity index (χ1n) is 9.63. The lowest BCUT2D eigenvalue weighted by molar-refractivity contribution is -0.140. The van der Waals surface area contributed by atoms with Gasteiger partial charge in [-0.25, -0.2) is 9.37 Å². The molecule has 5 rings (SSSR count). The van der Waals surface area contributed by atoms with E-state index in [-0.39, 0.29) is 23.0 Å². The zero-order chi connectivity index (χ0) is 21.6. The second kappa shape index (κ2) is 7.29. The van der Waals surface area contributed by atoms with Gasteiger partial charge in [-0.3, -0.25) is 4.98 Å². The minimum Gasteiger partial charge on any atom is -0.336 e. The first kappa shape index (κ1) is 19.4. The number of nitrogens with zero attached hydrogens (tertiary/aromatic N) is 5. The van der Waals surface area contributed by atoms with Gasteiger partial charge in [0.1, 0.15) is 17.2 Å². The molecular weight excluding hydrogens is 412 g/mol. The molecule has 10 heteroatoms. The third-order valence-electron chi connectivity index (χ3n) is 5.49. The Morgan fingerprint density at radius 3 is 2.77 bits per heavy atom. The van der Waals surface area contributed by atoms with E-state index in [1.54, 1.807) is 18.6 Å². The Morgan fingerprint density at radius 1 is 1.06 bits per heavy atom. The molecule has 0 amide bonds. The van der Waals surface area contributed by atoms with Crippen LogP contribution in [0.3, 0.4) is 0 Å². The summed E-state index contributed by atoms with van der Waals surface area (Å²) in [5, 5.41) is 8.91. The third kappa shape index (κ3) is 3.69. The molecule has 3 heterocycles. The van der Waals surface area contributed by atoms with Crippen LogP contribution in [0.25, 0.3) is 22.6 Å². The van der Waals surface area contributed by atoms with Crippen molar-refractivity contribution in [2.24, 2.45) is 0 Å². The van der Waals surface area contributed by atoms with Crippen molar-refractivity contribution >= 4 is 0 Å². The topological polar surface area (TPSA) is 72.3 Å². The number of nitrogens with one attached hydrogen (secondary N) is 1. The Balaban J connectivity index is 1.40. The van der Waals surface area contributed by atoms with E-state index in [4.69, 9.17) is 0 Å². The van der Waals surface area contributed by atoms with Gasteiger partial charge in [-0.1, -0.05) is 6.07 Å². The van der Waals surface area contributed by atoms with E-state index in [0.717, 1.165) is 24.0 Å². The number of hydrogen-bond donors (Lipinski definition) is 1. The lowest BCUT2D eigenvalue weighted by Gasteiger charge is -2.12. The van der Waals surface area contributed by atoms with Crippen LogP contribution in [0, 0.1) is 5.82 Å². The van der Waals surface area contributed by atoms with Crippen molar-refractivity contribution in [2.75, 3.05) is 0 Å². The highest BCUT2D eigenvalue weighted by Gasteiger charge is 2.38. The van der Waals surface area contributed by atoms with Gasteiger partial charge in [-0.05, 0) is 48.2 Å². The minimum atomic E-state index is -4.62. The molecule has 0 saturated heterocycles. The van der Waals surface area contributed by atoms with Crippen molar-refractivity contribution in [1.82, 2.24) is 29.9 Å². The minimum absolute atomic E-state index is 0.177. The zero-order valence-corrected chi connectivity index (χ0v) is 16.1. The maximum Gasteiger partial charge on any atom is 0.437 e. The van der Waals surface area contributed by atoms with Gasteiger partial charge < -0.3 is 4.57 Å². The summed E-state index contributed by atoms with van der Waals surface area (Å²) in [6, 6.07) is 7.84. The van der Waals surface area contributed by atoms with Gasteiger partial charge in [-0.15, -0.1) is 0 Å². The van der Waals surface area contributed by atoms with E-state index >= 15 is 0 Å². The molecule has 0 saturated carbocycles. The molecule has 0 radical (unpaired) electrons. The van der Waals surface area contributed by atoms with Gasteiger partial charge >= 0.3 is 6.18 Å².